The van der Waals surface area contributed by atoms with Crippen molar-refractivity contribution in [3.8, 4) is 0 Å². The van der Waals surface area contributed by atoms with Crippen LogP contribution in [0.3, 0.4) is 0 Å². The second-order valence-electron chi connectivity index (χ2n) is 1.01. The van der Waals surface area contributed by atoms with Gasteiger partial charge in [-0.05, 0) is 6.72 Å². The van der Waals surface area contributed by atoms with E-state index in [-0.39, 0.29) is 0 Å². The van der Waals surface area contributed by atoms with Crippen LogP contribution in [0.4, 0.5) is 0 Å². The highest BCUT2D eigenvalue weighted by Gasteiger charge is 1.88. The van der Waals surface area contributed by atoms with Crippen molar-refractivity contribution in [3.63, 3.8) is 0 Å². The second kappa shape index (κ2) is 7.35. The van der Waals surface area contributed by atoms with Gasteiger partial charge in [0.2, 0.25) is 0 Å². The third-order valence-electron chi connectivity index (χ3n) is 0.368. The molecule has 0 bridgehead atoms. The number of rotatable bonds is 2. The van der Waals surface area contributed by atoms with E-state index in [9.17, 15) is 9.59 Å². The molecule has 0 fully saturated rings. The Morgan fingerprint density at radius 3 is 1.40 bits per heavy atom. The molecule has 0 heterocycles. The summed E-state index contributed by atoms with van der Waals surface area (Å²) in [5.74, 6) is -2.51. The second-order valence-corrected chi connectivity index (χ2v) is 1.01. The lowest BCUT2D eigenvalue weighted by molar-refractivity contribution is -0.134. The molecule has 3 N–H and O–H groups in total. The zero-order valence-electron chi connectivity index (χ0n) is 5.07. The number of carbonyl (C=O) groups is 2. The van der Waals surface area contributed by atoms with Gasteiger partial charge in [0, 0.05) is 12.2 Å². The third-order valence-corrected chi connectivity index (χ3v) is 0.368. The lowest BCUT2D eigenvalue weighted by Crippen LogP contribution is -1.91. The van der Waals surface area contributed by atoms with Crippen LogP contribution in [0, 0.1) is 5.41 Å². The maximum Gasteiger partial charge on any atom is 0.328 e. The first kappa shape index (κ1) is 11.2. The molecule has 5 nitrogen and oxygen atoms in total. The van der Waals surface area contributed by atoms with Crippen molar-refractivity contribution in [2.45, 2.75) is 0 Å². The zero-order chi connectivity index (χ0) is 8.57. The van der Waals surface area contributed by atoms with Crippen molar-refractivity contribution in [2.24, 2.45) is 0 Å². The number of carboxylic acids is 2. The molecule has 0 amide bonds. The summed E-state index contributed by atoms with van der Waals surface area (Å²) in [4.78, 5) is 19.1. The van der Waals surface area contributed by atoms with Crippen LogP contribution in [0.15, 0.2) is 12.2 Å². The molecule has 0 rings (SSSR count). The molecule has 0 unspecified atom stereocenters. The van der Waals surface area contributed by atoms with Crippen molar-refractivity contribution in [1.82, 2.24) is 0 Å². The summed E-state index contributed by atoms with van der Waals surface area (Å²) in [5, 5.41) is 21.1. The van der Waals surface area contributed by atoms with Gasteiger partial charge in [-0.2, -0.15) is 0 Å². The average Bonchev–Trinajstić information content (AvgIpc) is 1.89. The van der Waals surface area contributed by atoms with Crippen LogP contribution >= 0.6 is 0 Å². The van der Waals surface area contributed by atoms with E-state index in [4.69, 9.17) is 15.6 Å². The largest absolute Gasteiger partial charge is 0.478 e. The maximum absolute atomic E-state index is 9.55. The summed E-state index contributed by atoms with van der Waals surface area (Å²) in [6, 6.07) is 0. The average molecular weight is 145 g/mol. The molecule has 5 heteroatoms. The molecule has 10 heavy (non-hydrogen) atoms. The molecule has 0 aliphatic carbocycles. The van der Waals surface area contributed by atoms with Crippen LogP contribution in [-0.4, -0.2) is 28.9 Å². The minimum atomic E-state index is -1.26. The van der Waals surface area contributed by atoms with Gasteiger partial charge in [0.1, 0.15) is 0 Å². The number of aliphatic carboxylic acids is 2. The van der Waals surface area contributed by atoms with Crippen molar-refractivity contribution in [1.29, 1.82) is 5.41 Å². The van der Waals surface area contributed by atoms with Gasteiger partial charge in [0.25, 0.3) is 0 Å². The number of carboxylic acid groups (broad SMARTS) is 2. The summed E-state index contributed by atoms with van der Waals surface area (Å²) in [6.45, 7) is 2.50. The SMILES string of the molecule is C=N.O=C(O)/C=C\C(=O)O. The number of nitrogens with one attached hydrogen (secondary N) is 1. The molecule has 56 valence electrons. The molecule has 0 spiro atoms. The van der Waals surface area contributed by atoms with E-state index in [1.165, 1.54) is 0 Å². The molecule has 0 aliphatic heterocycles. The van der Waals surface area contributed by atoms with E-state index in [0.717, 1.165) is 0 Å². The summed E-state index contributed by atoms with van der Waals surface area (Å²) in [5.41, 5.74) is 0. The highest BCUT2D eigenvalue weighted by atomic mass is 16.4. The van der Waals surface area contributed by atoms with Gasteiger partial charge in [-0.1, -0.05) is 0 Å². The van der Waals surface area contributed by atoms with E-state index in [0.29, 0.717) is 12.2 Å². The summed E-state index contributed by atoms with van der Waals surface area (Å²) < 4.78 is 0. The van der Waals surface area contributed by atoms with Crippen molar-refractivity contribution >= 4 is 18.7 Å². The lowest BCUT2D eigenvalue weighted by Gasteiger charge is -1.74. The molecule has 0 aromatic carbocycles. The molecule has 0 saturated heterocycles. The van der Waals surface area contributed by atoms with Gasteiger partial charge in [0.05, 0.1) is 0 Å². The first-order valence-corrected chi connectivity index (χ1v) is 2.12. The van der Waals surface area contributed by atoms with Gasteiger partial charge in [0.15, 0.2) is 0 Å². The van der Waals surface area contributed by atoms with Gasteiger partial charge in [-0.15, -0.1) is 0 Å². The highest BCUT2D eigenvalue weighted by molar-refractivity contribution is 5.89. The van der Waals surface area contributed by atoms with Gasteiger partial charge >= 0.3 is 11.9 Å². The molecule has 0 radical (unpaired) electrons. The topological polar surface area (TPSA) is 98.5 Å². The molecule has 0 aliphatic rings. The lowest BCUT2D eigenvalue weighted by atomic mass is 10.5. The number of hydrogen-bond donors (Lipinski definition) is 3. The normalized spacial score (nSPS) is 8.00. The van der Waals surface area contributed by atoms with Crippen LogP contribution in [-0.2, 0) is 9.59 Å². The maximum atomic E-state index is 9.55. The van der Waals surface area contributed by atoms with Crippen molar-refractivity contribution in [2.75, 3.05) is 0 Å². The fourth-order valence-corrected chi connectivity index (χ4v) is 0.143. The Balaban J connectivity index is 0. The predicted octanol–water partition coefficient (Wildman–Crippen LogP) is -0.0224. The Kier molecular flexibility index (Phi) is 8.22. The summed E-state index contributed by atoms with van der Waals surface area (Å²) in [6.07, 6.45) is 1.12. The van der Waals surface area contributed by atoms with E-state index in [1.54, 1.807) is 0 Å². The van der Waals surface area contributed by atoms with Crippen LogP contribution in [0.25, 0.3) is 0 Å². The van der Waals surface area contributed by atoms with Crippen molar-refractivity contribution in [3.05, 3.63) is 12.2 Å². The molecular formula is C5H7NO4. The Morgan fingerprint density at radius 2 is 1.30 bits per heavy atom. The first-order valence-electron chi connectivity index (χ1n) is 2.12. The van der Waals surface area contributed by atoms with E-state index >= 15 is 0 Å². The third kappa shape index (κ3) is 16.2. The molecule has 0 atom stereocenters. The Morgan fingerprint density at radius 1 is 1.10 bits per heavy atom. The van der Waals surface area contributed by atoms with Crippen LogP contribution in [0.2, 0.25) is 0 Å². The van der Waals surface area contributed by atoms with Gasteiger partial charge < -0.3 is 15.6 Å². The summed E-state index contributed by atoms with van der Waals surface area (Å²) >= 11 is 0. The molecule has 0 saturated carbocycles. The fourth-order valence-electron chi connectivity index (χ4n) is 0.143. The zero-order valence-corrected chi connectivity index (χ0v) is 5.07. The Bertz CT molecular complexity index is 136. The minimum Gasteiger partial charge on any atom is -0.478 e. The first-order chi connectivity index (χ1) is 4.63. The Hall–Kier alpha value is -1.65. The van der Waals surface area contributed by atoms with Gasteiger partial charge in [-0.25, -0.2) is 9.59 Å². The smallest absolute Gasteiger partial charge is 0.328 e. The van der Waals surface area contributed by atoms with E-state index < -0.39 is 11.9 Å². The van der Waals surface area contributed by atoms with Crippen LogP contribution < -0.4 is 0 Å². The summed E-state index contributed by atoms with van der Waals surface area (Å²) in [7, 11) is 0. The van der Waals surface area contributed by atoms with E-state index in [2.05, 4.69) is 6.72 Å². The highest BCUT2D eigenvalue weighted by Crippen LogP contribution is 1.70. The standard InChI is InChI=1S/C4H4O4.CH3N/c5-3(6)1-2-4(7)8;1-2/h1-2H,(H,5,6)(H,7,8);2H,1H2/b2-1-;. The number of hydrogen-bond acceptors (Lipinski definition) is 3. The quantitative estimate of drug-likeness (QED) is 0.375. The molecule has 0 aromatic heterocycles. The Labute approximate surface area is 57.1 Å². The fraction of sp³-hybridized carbons (Fsp3) is 0. The minimum absolute atomic E-state index is 0.558. The molecule has 0 aromatic rings. The monoisotopic (exact) mass is 145 g/mol. The van der Waals surface area contributed by atoms with Crippen molar-refractivity contribution < 1.29 is 19.8 Å². The van der Waals surface area contributed by atoms with E-state index in [1.807, 2.05) is 0 Å². The van der Waals surface area contributed by atoms with Gasteiger partial charge in [-0.3, -0.25) is 0 Å². The predicted molar refractivity (Wildman–Crippen MR) is 34.3 cm³/mol. The molecular weight excluding hydrogens is 138 g/mol. The van der Waals surface area contributed by atoms with Crippen LogP contribution in [0.5, 0.6) is 0 Å². The van der Waals surface area contributed by atoms with Crippen LogP contribution in [0.1, 0.15) is 0 Å².